The summed E-state index contributed by atoms with van der Waals surface area (Å²) in [7, 11) is 2.12. The molecule has 2 aliphatic carbocycles. The molecule has 0 saturated carbocycles. The monoisotopic (exact) mass is 615 g/mol. The van der Waals surface area contributed by atoms with Gasteiger partial charge < -0.3 is 4.90 Å². The van der Waals surface area contributed by atoms with E-state index in [9.17, 15) is 0 Å². The van der Waals surface area contributed by atoms with E-state index in [0.29, 0.717) is 5.84 Å². The molecular weight excluding hydrogens is 583 g/mol. The molecule has 0 unspecified atom stereocenters. The maximum absolute atomic E-state index is 5.57. The molecule has 0 amide bonds. The van der Waals surface area contributed by atoms with Crippen molar-refractivity contribution in [3.05, 3.63) is 209 Å². The maximum Gasteiger partial charge on any atom is 0.163 e. The Balaban J connectivity index is 1.43. The number of fused-ring (bicyclic) bond motifs is 8. The van der Waals surface area contributed by atoms with E-state index in [1.54, 1.807) is 0 Å². The van der Waals surface area contributed by atoms with Crippen molar-refractivity contribution in [2.75, 3.05) is 7.05 Å². The summed E-state index contributed by atoms with van der Waals surface area (Å²) < 4.78 is 0. The summed E-state index contributed by atoms with van der Waals surface area (Å²) >= 11 is 0. The highest BCUT2D eigenvalue weighted by atomic mass is 15.3. The average molecular weight is 616 g/mol. The summed E-state index contributed by atoms with van der Waals surface area (Å²) in [6, 6.07) is 52.2. The molecule has 6 aromatic rings. The van der Waals surface area contributed by atoms with E-state index in [0.717, 1.165) is 22.8 Å². The molecule has 228 valence electrons. The zero-order valence-electron chi connectivity index (χ0n) is 26.9. The van der Waals surface area contributed by atoms with Gasteiger partial charge in [0.05, 0.1) is 5.41 Å². The van der Waals surface area contributed by atoms with Gasteiger partial charge in [0.1, 0.15) is 11.7 Å². The highest BCUT2D eigenvalue weighted by Crippen LogP contribution is 2.64. The van der Waals surface area contributed by atoms with Crippen molar-refractivity contribution >= 4 is 28.0 Å². The topological polar surface area (TPSA) is 28.0 Å². The Bertz CT molecular complexity index is 2380. The van der Waals surface area contributed by atoms with Crippen molar-refractivity contribution in [3.8, 4) is 11.1 Å². The third kappa shape index (κ3) is 4.01. The van der Waals surface area contributed by atoms with Crippen LogP contribution in [0.15, 0.2) is 185 Å². The maximum atomic E-state index is 5.57. The normalized spacial score (nSPS) is 18.3. The van der Waals surface area contributed by atoms with Gasteiger partial charge in [0.15, 0.2) is 5.84 Å². The van der Waals surface area contributed by atoms with Crippen LogP contribution in [0.4, 0.5) is 0 Å². The Labute approximate surface area is 281 Å². The molecule has 0 N–H and O–H groups in total. The van der Waals surface area contributed by atoms with Crippen molar-refractivity contribution in [2.24, 2.45) is 9.98 Å². The first-order valence-corrected chi connectivity index (χ1v) is 16.5. The molecule has 0 atom stereocenters. The van der Waals surface area contributed by atoms with E-state index in [2.05, 4.69) is 183 Å². The molecule has 0 radical (unpaired) electrons. The van der Waals surface area contributed by atoms with Crippen LogP contribution in [0.1, 0.15) is 40.3 Å². The van der Waals surface area contributed by atoms with Crippen molar-refractivity contribution in [1.29, 1.82) is 0 Å². The quantitative estimate of drug-likeness (QED) is 0.195. The predicted molar refractivity (Wildman–Crippen MR) is 199 cm³/mol. The van der Waals surface area contributed by atoms with Gasteiger partial charge in [-0.1, -0.05) is 158 Å². The van der Waals surface area contributed by atoms with Crippen molar-refractivity contribution in [1.82, 2.24) is 4.90 Å². The molecule has 3 aliphatic rings. The zero-order valence-corrected chi connectivity index (χ0v) is 26.9. The lowest BCUT2D eigenvalue weighted by Gasteiger charge is -2.35. The molecule has 0 fully saturated rings. The highest BCUT2D eigenvalue weighted by Gasteiger charge is 2.55. The van der Waals surface area contributed by atoms with Gasteiger partial charge in [-0.2, -0.15) is 0 Å². The molecular formula is C45H33N3. The summed E-state index contributed by atoms with van der Waals surface area (Å²) in [6.07, 6.45) is 6.53. The van der Waals surface area contributed by atoms with Gasteiger partial charge in [-0.3, -0.25) is 0 Å². The van der Waals surface area contributed by atoms with Gasteiger partial charge in [0.2, 0.25) is 0 Å². The summed E-state index contributed by atoms with van der Waals surface area (Å²) in [5.74, 6) is 2.47. The first-order chi connectivity index (χ1) is 23.7. The van der Waals surface area contributed by atoms with E-state index in [1.165, 1.54) is 55.3 Å². The summed E-state index contributed by atoms with van der Waals surface area (Å²) in [5.41, 5.74) is 11.4. The van der Waals surface area contributed by atoms with Crippen LogP contribution >= 0.6 is 0 Å². The molecule has 0 bridgehead atoms. The lowest BCUT2D eigenvalue weighted by molar-refractivity contribution is 0.588. The molecule has 1 aliphatic heterocycles. The van der Waals surface area contributed by atoms with Crippen LogP contribution < -0.4 is 0 Å². The van der Waals surface area contributed by atoms with E-state index in [-0.39, 0.29) is 0 Å². The fourth-order valence-electron chi connectivity index (χ4n) is 7.97. The number of aliphatic imine (C=N–C) groups is 2. The lowest BCUT2D eigenvalue weighted by atomic mass is 9.70. The number of hydrogen-bond acceptors (Lipinski definition) is 3. The number of allylic oxidation sites excluding steroid dienone is 5. The van der Waals surface area contributed by atoms with Crippen molar-refractivity contribution in [3.63, 3.8) is 0 Å². The largest absolute Gasteiger partial charge is 0.313 e. The SMILES string of the molecule is C\C=C/C=C1/C(=C2\N=C(c3ccc4ccccc4c3)N=C(c3ccccc3)N2C)C2(c3ccccc31)c1ccccc1-c1ccccc12. The second-order valence-electron chi connectivity index (χ2n) is 12.5. The van der Waals surface area contributed by atoms with Gasteiger partial charge >= 0.3 is 0 Å². The van der Waals surface area contributed by atoms with Crippen LogP contribution in [0.25, 0.3) is 27.5 Å². The van der Waals surface area contributed by atoms with Crippen LogP contribution in [0.2, 0.25) is 0 Å². The molecule has 48 heavy (non-hydrogen) atoms. The van der Waals surface area contributed by atoms with Crippen LogP contribution in [0, 0.1) is 0 Å². The standard InChI is InChI=1S/C45H33N3/c1-3-4-20-37-36-23-12-15-26-40(36)45(38-24-13-10-21-34(38)35-22-11-14-25-39(35)45)41(37)44-47-42(33-28-27-30-16-8-9-19-32(30)29-33)46-43(48(44)2)31-17-6-5-7-18-31/h3-29H,1-2H3/b4-3-,37-20+,44-41-. The first-order valence-electron chi connectivity index (χ1n) is 16.5. The molecule has 1 spiro atoms. The molecule has 1 heterocycles. The molecule has 0 saturated heterocycles. The van der Waals surface area contributed by atoms with E-state index >= 15 is 0 Å². The fourth-order valence-corrected chi connectivity index (χ4v) is 7.97. The Kier molecular flexibility index (Phi) is 6.48. The number of amidine groups is 2. The minimum Gasteiger partial charge on any atom is -0.313 e. The summed E-state index contributed by atoms with van der Waals surface area (Å²) in [5, 5.41) is 2.36. The van der Waals surface area contributed by atoms with Gasteiger partial charge in [-0.05, 0) is 62.7 Å². The predicted octanol–water partition coefficient (Wildman–Crippen LogP) is 10.2. The van der Waals surface area contributed by atoms with Gasteiger partial charge in [0, 0.05) is 23.7 Å². The zero-order chi connectivity index (χ0) is 32.2. The van der Waals surface area contributed by atoms with E-state index < -0.39 is 5.41 Å². The fraction of sp³-hybridized carbons (Fsp3) is 0.0667. The van der Waals surface area contributed by atoms with Crippen molar-refractivity contribution in [2.45, 2.75) is 12.3 Å². The van der Waals surface area contributed by atoms with Gasteiger partial charge in [-0.25, -0.2) is 9.98 Å². The van der Waals surface area contributed by atoms with Crippen LogP contribution in [0.5, 0.6) is 0 Å². The Morgan fingerprint density at radius 3 is 1.83 bits per heavy atom. The smallest absolute Gasteiger partial charge is 0.163 e. The van der Waals surface area contributed by atoms with Crippen LogP contribution in [0.3, 0.4) is 0 Å². The second kappa shape index (κ2) is 11.0. The molecule has 0 aromatic heterocycles. The van der Waals surface area contributed by atoms with Gasteiger partial charge in [-0.15, -0.1) is 0 Å². The third-order valence-corrected chi connectivity index (χ3v) is 10.00. The number of nitrogens with zero attached hydrogens (tertiary/aromatic N) is 3. The van der Waals surface area contributed by atoms with Crippen LogP contribution in [-0.2, 0) is 5.41 Å². The lowest BCUT2D eigenvalue weighted by Crippen LogP contribution is -2.36. The third-order valence-electron chi connectivity index (χ3n) is 10.00. The Morgan fingerprint density at radius 1 is 0.562 bits per heavy atom. The van der Waals surface area contributed by atoms with Crippen LogP contribution in [-0.4, -0.2) is 23.6 Å². The average Bonchev–Trinajstić information content (AvgIpc) is 3.61. The Hall–Kier alpha value is -6.06. The summed E-state index contributed by atoms with van der Waals surface area (Å²) in [6.45, 7) is 2.07. The minimum absolute atomic E-state index is 0.572. The molecule has 9 rings (SSSR count). The second-order valence-corrected chi connectivity index (χ2v) is 12.5. The number of benzene rings is 6. The van der Waals surface area contributed by atoms with E-state index in [4.69, 9.17) is 9.98 Å². The summed E-state index contributed by atoms with van der Waals surface area (Å²) in [4.78, 5) is 13.1. The van der Waals surface area contributed by atoms with Crippen molar-refractivity contribution < 1.29 is 0 Å². The Morgan fingerprint density at radius 2 is 1.15 bits per heavy atom. The molecule has 3 nitrogen and oxygen atoms in total. The highest BCUT2D eigenvalue weighted by molar-refractivity contribution is 6.15. The molecule has 3 heteroatoms. The van der Waals surface area contributed by atoms with Gasteiger partial charge in [0.25, 0.3) is 0 Å². The minimum atomic E-state index is -0.572. The number of rotatable bonds is 3. The first kappa shape index (κ1) is 28.2. The molecule has 6 aromatic carbocycles. The number of hydrogen-bond donors (Lipinski definition) is 0. The van der Waals surface area contributed by atoms with E-state index in [1.807, 2.05) is 0 Å².